The predicted octanol–water partition coefficient (Wildman–Crippen LogP) is 5.04. The highest BCUT2D eigenvalue weighted by molar-refractivity contribution is 7.14. The Morgan fingerprint density at radius 1 is 1.00 bits per heavy atom. The molecule has 4 aromatic rings. The number of nitrogens with zero attached hydrogens (tertiary/aromatic N) is 3. The number of aromatic nitrogens is 2. The fraction of sp³-hybridized carbons (Fsp3) is 0.148. The van der Waals surface area contributed by atoms with Crippen LogP contribution in [-0.2, 0) is 6.54 Å². The first kappa shape index (κ1) is 23.4. The van der Waals surface area contributed by atoms with Gasteiger partial charge in [0, 0.05) is 28.9 Å². The number of imide groups is 1. The van der Waals surface area contributed by atoms with Crippen molar-refractivity contribution in [2.24, 2.45) is 0 Å². The summed E-state index contributed by atoms with van der Waals surface area (Å²) in [6.07, 6.45) is 4.16. The highest BCUT2D eigenvalue weighted by atomic mass is 32.1. The van der Waals surface area contributed by atoms with Gasteiger partial charge < -0.3 is 4.74 Å². The van der Waals surface area contributed by atoms with E-state index in [4.69, 9.17) is 4.74 Å². The standard InChI is InChI=1S/C27H22N4O4S/c1-2-13-35-20-6-3-18(4-7-20)23-16-36-27(29-23)30-24(32)19-5-8-21-22(14-19)26(34)31(25(21)33)15-17-9-11-28-12-10-17/h3-12,14,16H,2,13,15H2,1H3,(H,29,30,32). The number of thiazole rings is 1. The molecule has 0 saturated carbocycles. The Hall–Kier alpha value is -4.37. The maximum absolute atomic E-state index is 12.9. The van der Waals surface area contributed by atoms with E-state index in [1.54, 1.807) is 30.6 Å². The third kappa shape index (κ3) is 4.73. The van der Waals surface area contributed by atoms with Crippen molar-refractivity contribution >= 4 is 34.2 Å². The van der Waals surface area contributed by atoms with E-state index >= 15 is 0 Å². The molecule has 5 rings (SSSR count). The monoisotopic (exact) mass is 498 g/mol. The molecule has 2 aromatic heterocycles. The van der Waals surface area contributed by atoms with Crippen molar-refractivity contribution in [1.82, 2.24) is 14.9 Å². The number of nitrogens with one attached hydrogen (secondary N) is 1. The number of ether oxygens (including phenoxy) is 1. The number of rotatable bonds is 8. The largest absolute Gasteiger partial charge is 0.494 e. The normalized spacial score (nSPS) is 12.5. The minimum absolute atomic E-state index is 0.143. The number of hydrogen-bond donors (Lipinski definition) is 1. The van der Waals surface area contributed by atoms with Crippen LogP contribution >= 0.6 is 11.3 Å². The van der Waals surface area contributed by atoms with Crippen molar-refractivity contribution in [3.8, 4) is 17.0 Å². The van der Waals surface area contributed by atoms with Gasteiger partial charge in [0.25, 0.3) is 17.7 Å². The molecule has 1 aliphatic heterocycles. The lowest BCUT2D eigenvalue weighted by Crippen LogP contribution is -2.29. The molecule has 180 valence electrons. The van der Waals surface area contributed by atoms with Gasteiger partial charge in [0.1, 0.15) is 5.75 Å². The highest BCUT2D eigenvalue weighted by Gasteiger charge is 2.36. The molecule has 0 aliphatic carbocycles. The van der Waals surface area contributed by atoms with Gasteiger partial charge in [-0.1, -0.05) is 6.92 Å². The smallest absolute Gasteiger partial charge is 0.261 e. The Bertz CT molecular complexity index is 1430. The number of carbonyl (C=O) groups is 3. The highest BCUT2D eigenvalue weighted by Crippen LogP contribution is 2.28. The van der Waals surface area contributed by atoms with Gasteiger partial charge in [-0.25, -0.2) is 4.98 Å². The van der Waals surface area contributed by atoms with E-state index < -0.39 is 11.8 Å². The van der Waals surface area contributed by atoms with Crippen molar-refractivity contribution < 1.29 is 19.1 Å². The molecule has 0 radical (unpaired) electrons. The number of anilines is 1. The van der Waals surface area contributed by atoms with Gasteiger partial charge in [-0.3, -0.25) is 29.6 Å². The summed E-state index contributed by atoms with van der Waals surface area (Å²) in [7, 11) is 0. The summed E-state index contributed by atoms with van der Waals surface area (Å²) >= 11 is 1.30. The molecular formula is C27H22N4O4S. The molecule has 2 aromatic carbocycles. The first-order chi connectivity index (χ1) is 17.5. The van der Waals surface area contributed by atoms with E-state index in [0.29, 0.717) is 11.7 Å². The van der Waals surface area contributed by atoms with Crippen LogP contribution in [0.2, 0.25) is 0 Å². The summed E-state index contributed by atoms with van der Waals surface area (Å²) in [5.74, 6) is -0.415. The summed E-state index contributed by atoms with van der Waals surface area (Å²) in [4.78, 5) is 48.2. The van der Waals surface area contributed by atoms with E-state index in [9.17, 15) is 14.4 Å². The molecule has 9 heteroatoms. The van der Waals surface area contributed by atoms with Gasteiger partial charge in [0.2, 0.25) is 0 Å². The zero-order valence-electron chi connectivity index (χ0n) is 19.4. The van der Waals surface area contributed by atoms with Crippen molar-refractivity contribution in [3.05, 3.63) is 94.6 Å². The lowest BCUT2D eigenvalue weighted by atomic mass is 10.1. The maximum Gasteiger partial charge on any atom is 0.261 e. The summed E-state index contributed by atoms with van der Waals surface area (Å²) < 4.78 is 5.61. The quantitative estimate of drug-likeness (QED) is 0.342. The SMILES string of the molecule is CCCOc1ccc(-c2csc(NC(=O)c3ccc4c(c3)C(=O)N(Cc3ccncc3)C4=O)n2)cc1. The fourth-order valence-corrected chi connectivity index (χ4v) is 4.54. The number of pyridine rings is 1. The van der Waals surface area contributed by atoms with Crippen LogP contribution in [0.3, 0.4) is 0 Å². The number of fused-ring (bicyclic) bond motifs is 1. The van der Waals surface area contributed by atoms with Gasteiger partial charge in [0.15, 0.2) is 5.13 Å². The van der Waals surface area contributed by atoms with Crippen molar-refractivity contribution in [2.75, 3.05) is 11.9 Å². The summed E-state index contributed by atoms with van der Waals surface area (Å²) in [6, 6.07) is 15.6. The second-order valence-electron chi connectivity index (χ2n) is 8.18. The van der Waals surface area contributed by atoms with Crippen LogP contribution in [0, 0.1) is 0 Å². The Morgan fingerprint density at radius 3 is 2.50 bits per heavy atom. The zero-order chi connectivity index (χ0) is 25.1. The van der Waals surface area contributed by atoms with Crippen LogP contribution in [0.4, 0.5) is 5.13 Å². The molecule has 0 unspecified atom stereocenters. The maximum atomic E-state index is 12.9. The van der Waals surface area contributed by atoms with E-state index in [0.717, 1.165) is 29.0 Å². The Morgan fingerprint density at radius 2 is 1.75 bits per heavy atom. The number of carbonyl (C=O) groups excluding carboxylic acids is 3. The van der Waals surface area contributed by atoms with Crippen molar-refractivity contribution in [1.29, 1.82) is 0 Å². The number of benzene rings is 2. The summed E-state index contributed by atoms with van der Waals surface area (Å²) in [5, 5.41) is 5.08. The molecule has 0 atom stereocenters. The van der Waals surface area contributed by atoms with Crippen LogP contribution in [0.1, 0.15) is 50.0 Å². The molecular weight excluding hydrogens is 476 g/mol. The molecule has 0 saturated heterocycles. The molecule has 3 heterocycles. The van der Waals surface area contributed by atoms with Gasteiger partial charge in [-0.05, 0) is 66.6 Å². The van der Waals surface area contributed by atoms with Crippen LogP contribution in [0.15, 0.2) is 72.4 Å². The molecule has 8 nitrogen and oxygen atoms in total. The topological polar surface area (TPSA) is 101 Å². The van der Waals surface area contributed by atoms with Gasteiger partial charge in [-0.2, -0.15) is 0 Å². The van der Waals surface area contributed by atoms with Crippen LogP contribution in [-0.4, -0.2) is 39.2 Å². The molecule has 0 bridgehead atoms. The minimum atomic E-state index is -0.427. The van der Waals surface area contributed by atoms with Gasteiger partial charge in [0.05, 0.1) is 30.0 Å². The van der Waals surface area contributed by atoms with Crippen LogP contribution in [0.25, 0.3) is 11.3 Å². The third-order valence-electron chi connectivity index (χ3n) is 5.67. The zero-order valence-corrected chi connectivity index (χ0v) is 20.2. The lowest BCUT2D eigenvalue weighted by Gasteiger charge is -2.13. The van der Waals surface area contributed by atoms with Crippen molar-refractivity contribution in [2.45, 2.75) is 19.9 Å². The number of amides is 3. The average molecular weight is 499 g/mol. The Labute approximate surface area is 211 Å². The van der Waals surface area contributed by atoms with Crippen molar-refractivity contribution in [3.63, 3.8) is 0 Å². The predicted molar refractivity (Wildman–Crippen MR) is 136 cm³/mol. The fourth-order valence-electron chi connectivity index (χ4n) is 3.82. The molecule has 3 amide bonds. The van der Waals surface area contributed by atoms with Crippen LogP contribution in [0.5, 0.6) is 5.75 Å². The lowest BCUT2D eigenvalue weighted by molar-refractivity contribution is 0.0642. The van der Waals surface area contributed by atoms with E-state index in [1.807, 2.05) is 29.6 Å². The minimum Gasteiger partial charge on any atom is -0.494 e. The second-order valence-corrected chi connectivity index (χ2v) is 9.04. The molecule has 0 spiro atoms. The second kappa shape index (κ2) is 10.1. The van der Waals surface area contributed by atoms with E-state index in [1.165, 1.54) is 28.4 Å². The third-order valence-corrected chi connectivity index (χ3v) is 6.43. The first-order valence-corrected chi connectivity index (χ1v) is 12.3. The Kier molecular flexibility index (Phi) is 6.55. The molecule has 36 heavy (non-hydrogen) atoms. The number of hydrogen-bond acceptors (Lipinski definition) is 7. The van der Waals surface area contributed by atoms with E-state index in [-0.39, 0.29) is 29.1 Å². The average Bonchev–Trinajstić information content (AvgIpc) is 3.47. The van der Waals surface area contributed by atoms with Crippen LogP contribution < -0.4 is 10.1 Å². The summed E-state index contributed by atoms with van der Waals surface area (Å²) in [6.45, 7) is 2.86. The molecule has 1 N–H and O–H groups in total. The van der Waals surface area contributed by atoms with Gasteiger partial charge >= 0.3 is 0 Å². The first-order valence-electron chi connectivity index (χ1n) is 11.4. The Balaban J connectivity index is 1.28. The van der Waals surface area contributed by atoms with E-state index in [2.05, 4.69) is 22.2 Å². The van der Waals surface area contributed by atoms with Gasteiger partial charge in [-0.15, -0.1) is 11.3 Å². The molecule has 1 aliphatic rings. The summed E-state index contributed by atoms with van der Waals surface area (Å²) in [5.41, 5.74) is 3.21. The molecule has 0 fully saturated rings.